The fourth-order valence-electron chi connectivity index (χ4n) is 1.90. The number of hydrogen-bond donors (Lipinski definition) is 1. The van der Waals surface area contributed by atoms with Gasteiger partial charge in [-0.25, -0.2) is 0 Å². The Morgan fingerprint density at radius 3 is 2.72 bits per heavy atom. The second-order valence-corrected chi connectivity index (χ2v) is 4.79. The van der Waals surface area contributed by atoms with Crippen molar-refractivity contribution in [1.82, 2.24) is 10.1 Å². The molecule has 0 radical (unpaired) electrons. The number of rotatable bonds is 3. The van der Waals surface area contributed by atoms with Crippen molar-refractivity contribution >= 4 is 5.91 Å². The maximum atomic E-state index is 12.3. The number of aromatic nitrogens is 1. The molecule has 0 bridgehead atoms. The van der Waals surface area contributed by atoms with Gasteiger partial charge in [0.25, 0.3) is 5.91 Å². The predicted molar refractivity (Wildman–Crippen MR) is 65.0 cm³/mol. The zero-order valence-electron chi connectivity index (χ0n) is 10.8. The van der Waals surface area contributed by atoms with Crippen molar-refractivity contribution in [3.05, 3.63) is 17.5 Å². The molecule has 1 aromatic rings. The highest BCUT2D eigenvalue weighted by Crippen LogP contribution is 2.22. The molecule has 0 spiro atoms. The molecule has 1 aliphatic heterocycles. The van der Waals surface area contributed by atoms with Gasteiger partial charge >= 0.3 is 0 Å². The van der Waals surface area contributed by atoms with Crippen LogP contribution in [0.1, 0.15) is 35.9 Å². The lowest BCUT2D eigenvalue weighted by molar-refractivity contribution is 0.0301. The van der Waals surface area contributed by atoms with Gasteiger partial charge in [-0.1, -0.05) is 19.0 Å². The summed E-state index contributed by atoms with van der Waals surface area (Å²) >= 11 is 0. The van der Waals surface area contributed by atoms with Crippen molar-refractivity contribution in [2.45, 2.75) is 19.9 Å². The number of nitrogens with two attached hydrogens (primary N) is 1. The average molecular weight is 253 g/mol. The summed E-state index contributed by atoms with van der Waals surface area (Å²) in [6.45, 7) is 6.32. The largest absolute Gasteiger partial charge is 0.378 e. The minimum absolute atomic E-state index is 0.0781. The van der Waals surface area contributed by atoms with Crippen LogP contribution in [0.5, 0.6) is 0 Å². The minimum Gasteiger partial charge on any atom is -0.378 e. The van der Waals surface area contributed by atoms with Gasteiger partial charge in [-0.2, -0.15) is 0 Å². The van der Waals surface area contributed by atoms with E-state index < -0.39 is 0 Å². The van der Waals surface area contributed by atoms with Crippen molar-refractivity contribution in [1.29, 1.82) is 0 Å². The van der Waals surface area contributed by atoms with Crippen molar-refractivity contribution in [3.63, 3.8) is 0 Å². The van der Waals surface area contributed by atoms with Crippen LogP contribution in [0.25, 0.3) is 0 Å². The van der Waals surface area contributed by atoms with Crippen LogP contribution in [-0.2, 0) is 4.74 Å². The maximum absolute atomic E-state index is 12.3. The van der Waals surface area contributed by atoms with E-state index >= 15 is 0 Å². The third kappa shape index (κ3) is 2.54. The van der Waals surface area contributed by atoms with Crippen LogP contribution in [0.2, 0.25) is 0 Å². The summed E-state index contributed by atoms with van der Waals surface area (Å²) in [6.07, 6.45) is 1.38. The molecule has 2 rings (SSSR count). The zero-order valence-corrected chi connectivity index (χ0v) is 10.8. The van der Waals surface area contributed by atoms with E-state index in [4.69, 9.17) is 15.0 Å². The zero-order chi connectivity index (χ0) is 13.1. The fraction of sp³-hybridized carbons (Fsp3) is 0.667. The normalized spacial score (nSPS) is 18.1. The number of amides is 1. The van der Waals surface area contributed by atoms with Gasteiger partial charge in [-0.3, -0.25) is 4.79 Å². The second kappa shape index (κ2) is 5.49. The average Bonchev–Trinajstić information content (AvgIpc) is 2.87. The Morgan fingerprint density at radius 2 is 2.11 bits per heavy atom. The van der Waals surface area contributed by atoms with Crippen LogP contribution >= 0.6 is 0 Å². The van der Waals surface area contributed by atoms with E-state index in [9.17, 15) is 4.79 Å². The lowest BCUT2D eigenvalue weighted by atomic mass is 9.99. The summed E-state index contributed by atoms with van der Waals surface area (Å²) in [4.78, 5) is 14.1. The van der Waals surface area contributed by atoms with E-state index in [1.54, 1.807) is 4.90 Å². The van der Waals surface area contributed by atoms with Crippen LogP contribution in [0.15, 0.2) is 10.8 Å². The summed E-state index contributed by atoms with van der Waals surface area (Å²) in [7, 11) is 0. The first-order valence-corrected chi connectivity index (χ1v) is 6.18. The first-order valence-electron chi connectivity index (χ1n) is 6.18. The van der Waals surface area contributed by atoms with Gasteiger partial charge in [0.2, 0.25) is 0 Å². The Labute approximate surface area is 106 Å². The minimum atomic E-state index is -0.288. The van der Waals surface area contributed by atoms with Gasteiger partial charge in [-0.15, -0.1) is 0 Å². The second-order valence-electron chi connectivity index (χ2n) is 4.79. The Bertz CT molecular complexity index is 410. The number of ether oxygens (including phenoxy) is 1. The standard InChI is InChI=1S/C12H19N3O3/c1-8(2)10(13)11-9(7-18-14-11)12(16)15-3-5-17-6-4-15/h7-8,10H,3-6,13H2,1-2H3. The molecule has 0 aromatic carbocycles. The van der Waals surface area contributed by atoms with E-state index in [1.165, 1.54) is 6.26 Å². The summed E-state index contributed by atoms with van der Waals surface area (Å²) in [5.41, 5.74) is 7.05. The van der Waals surface area contributed by atoms with Gasteiger partial charge in [-0.05, 0) is 5.92 Å². The predicted octanol–water partition coefficient (Wildman–Crippen LogP) is 0.803. The number of carbonyl (C=O) groups excluding carboxylic acids is 1. The molecular formula is C12H19N3O3. The summed E-state index contributed by atoms with van der Waals surface area (Å²) in [6, 6.07) is -0.288. The van der Waals surface area contributed by atoms with Crippen LogP contribution < -0.4 is 5.73 Å². The van der Waals surface area contributed by atoms with Crippen LogP contribution in [0, 0.1) is 5.92 Å². The molecule has 1 saturated heterocycles. The Morgan fingerprint density at radius 1 is 1.44 bits per heavy atom. The van der Waals surface area contributed by atoms with Gasteiger partial charge in [0.1, 0.15) is 17.5 Å². The highest BCUT2D eigenvalue weighted by atomic mass is 16.5. The molecule has 100 valence electrons. The summed E-state index contributed by atoms with van der Waals surface area (Å²) < 4.78 is 10.1. The Hall–Kier alpha value is -1.40. The third-order valence-corrected chi connectivity index (χ3v) is 3.16. The number of morpholine rings is 1. The molecular weight excluding hydrogens is 234 g/mol. The highest BCUT2D eigenvalue weighted by molar-refractivity contribution is 5.95. The third-order valence-electron chi connectivity index (χ3n) is 3.16. The molecule has 18 heavy (non-hydrogen) atoms. The SMILES string of the molecule is CC(C)C(N)c1nocc1C(=O)N1CCOCC1. The highest BCUT2D eigenvalue weighted by Gasteiger charge is 2.27. The van der Waals surface area contributed by atoms with Crippen LogP contribution in [-0.4, -0.2) is 42.3 Å². The van der Waals surface area contributed by atoms with E-state index in [2.05, 4.69) is 5.16 Å². The lowest BCUT2D eigenvalue weighted by Gasteiger charge is -2.27. The molecule has 1 aliphatic rings. The monoisotopic (exact) mass is 253 g/mol. The smallest absolute Gasteiger partial charge is 0.259 e. The van der Waals surface area contributed by atoms with Crippen LogP contribution in [0.3, 0.4) is 0 Å². The Balaban J connectivity index is 2.17. The van der Waals surface area contributed by atoms with Gasteiger partial charge in [0.15, 0.2) is 0 Å². The first-order chi connectivity index (χ1) is 8.61. The number of nitrogens with zero attached hydrogens (tertiary/aromatic N) is 2. The molecule has 1 fully saturated rings. The van der Waals surface area contributed by atoms with Crippen LogP contribution in [0.4, 0.5) is 0 Å². The molecule has 1 atom stereocenters. The quantitative estimate of drug-likeness (QED) is 0.861. The van der Waals surface area contributed by atoms with Crippen molar-refractivity contribution in [2.75, 3.05) is 26.3 Å². The maximum Gasteiger partial charge on any atom is 0.259 e. The number of carbonyl (C=O) groups is 1. The Kier molecular flexibility index (Phi) is 3.98. The molecule has 0 saturated carbocycles. The van der Waals surface area contributed by atoms with Gasteiger partial charge in [0.05, 0.1) is 19.3 Å². The number of hydrogen-bond acceptors (Lipinski definition) is 5. The van der Waals surface area contributed by atoms with E-state index in [0.717, 1.165) is 0 Å². The van der Waals surface area contributed by atoms with Gasteiger partial charge < -0.3 is 19.9 Å². The van der Waals surface area contributed by atoms with Crippen molar-refractivity contribution in [3.8, 4) is 0 Å². The van der Waals surface area contributed by atoms with E-state index in [-0.39, 0.29) is 17.9 Å². The van der Waals surface area contributed by atoms with E-state index in [1.807, 2.05) is 13.8 Å². The molecule has 1 aromatic heterocycles. The molecule has 0 aliphatic carbocycles. The molecule has 1 amide bonds. The summed E-state index contributed by atoms with van der Waals surface area (Å²) in [5, 5.41) is 3.87. The van der Waals surface area contributed by atoms with Crippen molar-refractivity contribution in [2.24, 2.45) is 11.7 Å². The lowest BCUT2D eigenvalue weighted by Crippen LogP contribution is -2.41. The molecule has 6 heteroatoms. The van der Waals surface area contributed by atoms with E-state index in [0.29, 0.717) is 37.6 Å². The summed E-state index contributed by atoms with van der Waals surface area (Å²) in [5.74, 6) is 0.122. The van der Waals surface area contributed by atoms with Gasteiger partial charge in [0, 0.05) is 13.1 Å². The molecule has 2 N–H and O–H groups in total. The molecule has 1 unspecified atom stereocenters. The fourth-order valence-corrected chi connectivity index (χ4v) is 1.90. The molecule has 6 nitrogen and oxygen atoms in total. The molecule has 2 heterocycles. The topological polar surface area (TPSA) is 81.6 Å². The van der Waals surface area contributed by atoms with Crippen molar-refractivity contribution < 1.29 is 14.1 Å². The first kappa shape index (κ1) is 13.0.